The van der Waals surface area contributed by atoms with Crippen LogP contribution in [0.25, 0.3) is 5.69 Å². The quantitative estimate of drug-likeness (QED) is 0.455. The van der Waals surface area contributed by atoms with E-state index in [0.717, 1.165) is 5.56 Å². The monoisotopic (exact) mass is 408 g/mol. The maximum absolute atomic E-state index is 12.5. The number of nitro benzene ring substituents is 1. The molecule has 3 rings (SSSR count). The van der Waals surface area contributed by atoms with Crippen LogP contribution in [0.1, 0.15) is 39.0 Å². The number of non-ortho nitro benzene ring substituents is 1. The smallest absolute Gasteiger partial charge is 0.274 e. The average molecular weight is 408 g/mol. The summed E-state index contributed by atoms with van der Waals surface area (Å²) in [5.74, 6) is -0.571. The van der Waals surface area contributed by atoms with Gasteiger partial charge in [-0.3, -0.25) is 19.7 Å². The van der Waals surface area contributed by atoms with Crippen LogP contribution in [0.15, 0.2) is 48.5 Å². The van der Waals surface area contributed by atoms with Gasteiger partial charge in [-0.25, -0.2) is 4.68 Å². The van der Waals surface area contributed by atoms with Crippen molar-refractivity contribution in [2.24, 2.45) is 0 Å². The minimum atomic E-state index is -0.499. The fourth-order valence-electron chi connectivity index (χ4n) is 2.83. The molecule has 10 nitrogen and oxygen atoms in total. The molecule has 0 aliphatic carbocycles. The molecule has 0 fully saturated rings. The Morgan fingerprint density at radius 2 is 1.83 bits per heavy atom. The van der Waals surface area contributed by atoms with Crippen LogP contribution in [0, 0.1) is 17.0 Å². The van der Waals surface area contributed by atoms with Crippen molar-refractivity contribution in [2.45, 2.75) is 20.4 Å². The molecular formula is C20H20N6O4. The zero-order chi connectivity index (χ0) is 21.7. The van der Waals surface area contributed by atoms with Crippen molar-refractivity contribution < 1.29 is 14.5 Å². The second kappa shape index (κ2) is 8.95. The highest BCUT2D eigenvalue weighted by Crippen LogP contribution is 2.18. The Hall–Kier alpha value is -4.08. The van der Waals surface area contributed by atoms with Gasteiger partial charge in [0.15, 0.2) is 5.69 Å². The van der Waals surface area contributed by atoms with E-state index >= 15 is 0 Å². The largest absolute Gasteiger partial charge is 0.352 e. The molecule has 2 amide bonds. The lowest BCUT2D eigenvalue weighted by Crippen LogP contribution is -2.24. The fraction of sp³-hybridized carbons (Fsp3) is 0.200. The number of aromatic nitrogens is 3. The minimum absolute atomic E-state index is 0.0792. The van der Waals surface area contributed by atoms with Crippen molar-refractivity contribution in [1.29, 1.82) is 0 Å². The molecule has 1 heterocycles. The third-order valence-electron chi connectivity index (χ3n) is 4.40. The van der Waals surface area contributed by atoms with E-state index in [1.165, 1.54) is 16.8 Å². The predicted molar refractivity (Wildman–Crippen MR) is 108 cm³/mol. The van der Waals surface area contributed by atoms with E-state index in [2.05, 4.69) is 20.9 Å². The van der Waals surface area contributed by atoms with Crippen LogP contribution in [0.4, 0.5) is 5.69 Å². The van der Waals surface area contributed by atoms with E-state index in [9.17, 15) is 19.7 Å². The van der Waals surface area contributed by atoms with Crippen LogP contribution >= 0.6 is 0 Å². The van der Waals surface area contributed by atoms with Crippen LogP contribution in [-0.2, 0) is 6.54 Å². The van der Waals surface area contributed by atoms with Gasteiger partial charge in [0.25, 0.3) is 17.5 Å². The van der Waals surface area contributed by atoms with Crippen LogP contribution in [0.2, 0.25) is 0 Å². The lowest BCUT2D eigenvalue weighted by Gasteiger charge is -2.07. The van der Waals surface area contributed by atoms with Gasteiger partial charge >= 0.3 is 0 Å². The fourth-order valence-corrected chi connectivity index (χ4v) is 2.83. The number of hydrogen-bond acceptors (Lipinski definition) is 6. The van der Waals surface area contributed by atoms with Crippen molar-refractivity contribution in [3.05, 3.63) is 81.2 Å². The number of carbonyl (C=O) groups is 2. The van der Waals surface area contributed by atoms with E-state index < -0.39 is 10.8 Å². The summed E-state index contributed by atoms with van der Waals surface area (Å²) in [7, 11) is 0. The molecule has 2 N–H and O–H groups in total. The molecule has 0 saturated carbocycles. The van der Waals surface area contributed by atoms with Gasteiger partial charge in [0.2, 0.25) is 0 Å². The van der Waals surface area contributed by atoms with Crippen molar-refractivity contribution in [3.63, 3.8) is 0 Å². The van der Waals surface area contributed by atoms with E-state index in [4.69, 9.17) is 0 Å². The molecule has 0 aliphatic rings. The third kappa shape index (κ3) is 4.49. The summed E-state index contributed by atoms with van der Waals surface area (Å²) in [6, 6.07) is 12.8. The number of amides is 2. The molecule has 2 aromatic carbocycles. The van der Waals surface area contributed by atoms with Crippen LogP contribution in [-0.4, -0.2) is 38.3 Å². The molecule has 0 bridgehead atoms. The molecule has 1 aromatic heterocycles. The number of nitrogens with zero attached hydrogens (tertiary/aromatic N) is 4. The highest BCUT2D eigenvalue weighted by molar-refractivity contribution is 5.94. The molecule has 0 atom stereocenters. The molecule has 10 heteroatoms. The first kappa shape index (κ1) is 20.6. The minimum Gasteiger partial charge on any atom is -0.352 e. The summed E-state index contributed by atoms with van der Waals surface area (Å²) >= 11 is 0. The number of hydrogen-bond donors (Lipinski definition) is 2. The highest BCUT2D eigenvalue weighted by atomic mass is 16.6. The zero-order valence-electron chi connectivity index (χ0n) is 16.5. The normalized spacial score (nSPS) is 10.5. The molecule has 0 radical (unpaired) electrons. The summed E-state index contributed by atoms with van der Waals surface area (Å²) in [5, 5.41) is 24.3. The van der Waals surface area contributed by atoms with Gasteiger partial charge in [0.1, 0.15) is 0 Å². The highest BCUT2D eigenvalue weighted by Gasteiger charge is 2.18. The van der Waals surface area contributed by atoms with Gasteiger partial charge in [0, 0.05) is 30.8 Å². The van der Waals surface area contributed by atoms with Gasteiger partial charge in [-0.15, -0.1) is 5.10 Å². The summed E-state index contributed by atoms with van der Waals surface area (Å²) < 4.78 is 1.38. The Morgan fingerprint density at radius 1 is 1.10 bits per heavy atom. The summed E-state index contributed by atoms with van der Waals surface area (Å²) in [6.07, 6.45) is 0. The second-order valence-corrected chi connectivity index (χ2v) is 6.45. The first-order valence-electron chi connectivity index (χ1n) is 9.23. The number of nitrogens with one attached hydrogen (secondary N) is 2. The predicted octanol–water partition coefficient (Wildman–Crippen LogP) is 2.16. The van der Waals surface area contributed by atoms with Crippen LogP contribution in [0.3, 0.4) is 0 Å². The lowest BCUT2D eigenvalue weighted by molar-refractivity contribution is -0.384. The van der Waals surface area contributed by atoms with E-state index in [1.807, 2.05) is 6.92 Å². The molecule has 0 unspecified atom stereocenters. The zero-order valence-corrected chi connectivity index (χ0v) is 16.5. The summed E-state index contributed by atoms with van der Waals surface area (Å²) in [5.41, 5.74) is 2.31. The number of rotatable bonds is 7. The molecular weight excluding hydrogens is 388 g/mol. The van der Waals surface area contributed by atoms with Crippen molar-refractivity contribution >= 4 is 17.5 Å². The third-order valence-corrected chi connectivity index (χ3v) is 4.40. The standard InChI is InChI=1S/C20H20N6O4/c1-3-21-19(27)15-9-7-14(8-10-15)12-22-20(28)18-13(2)25(24-23-18)16-5-4-6-17(11-16)26(29)30/h4-11H,3,12H2,1-2H3,(H,21,27)(H,22,28). The SMILES string of the molecule is CCNC(=O)c1ccc(CNC(=O)c2nnn(-c3cccc([N+](=O)[O-])c3)c2C)cc1. The molecule has 3 aromatic rings. The lowest BCUT2D eigenvalue weighted by atomic mass is 10.1. The van der Waals surface area contributed by atoms with Crippen LogP contribution in [0.5, 0.6) is 0 Å². The first-order chi connectivity index (χ1) is 14.4. The molecule has 30 heavy (non-hydrogen) atoms. The maximum atomic E-state index is 12.5. The topological polar surface area (TPSA) is 132 Å². The van der Waals surface area contributed by atoms with Gasteiger partial charge in [-0.2, -0.15) is 0 Å². The average Bonchev–Trinajstić information content (AvgIpc) is 3.14. The number of benzene rings is 2. The molecule has 154 valence electrons. The molecule has 0 saturated heterocycles. The van der Waals surface area contributed by atoms with Gasteiger partial charge < -0.3 is 10.6 Å². The molecule has 0 spiro atoms. The second-order valence-electron chi connectivity index (χ2n) is 6.45. The Bertz CT molecular complexity index is 1090. The van der Waals surface area contributed by atoms with Crippen molar-refractivity contribution in [1.82, 2.24) is 25.6 Å². The van der Waals surface area contributed by atoms with E-state index in [1.54, 1.807) is 43.3 Å². The van der Waals surface area contributed by atoms with E-state index in [-0.39, 0.29) is 23.8 Å². The van der Waals surface area contributed by atoms with Crippen molar-refractivity contribution in [3.8, 4) is 5.69 Å². The Labute approximate surface area is 172 Å². The Morgan fingerprint density at radius 3 is 2.50 bits per heavy atom. The summed E-state index contributed by atoms with van der Waals surface area (Å²) in [6.45, 7) is 4.30. The van der Waals surface area contributed by atoms with Crippen molar-refractivity contribution in [2.75, 3.05) is 6.54 Å². The van der Waals surface area contributed by atoms with Crippen LogP contribution < -0.4 is 10.6 Å². The maximum Gasteiger partial charge on any atom is 0.274 e. The van der Waals surface area contributed by atoms with Gasteiger partial charge in [0.05, 0.1) is 16.3 Å². The summed E-state index contributed by atoms with van der Waals surface area (Å²) in [4.78, 5) is 34.8. The molecule has 0 aliphatic heterocycles. The Balaban J connectivity index is 1.69. The number of carbonyl (C=O) groups excluding carboxylic acids is 2. The Kier molecular flexibility index (Phi) is 6.16. The van der Waals surface area contributed by atoms with E-state index in [0.29, 0.717) is 23.5 Å². The van der Waals surface area contributed by atoms with Gasteiger partial charge in [-0.1, -0.05) is 23.4 Å². The van der Waals surface area contributed by atoms with Gasteiger partial charge in [-0.05, 0) is 37.6 Å². The first-order valence-corrected chi connectivity index (χ1v) is 9.23. The number of nitro groups is 1.